The first-order valence-electron chi connectivity index (χ1n) is 7.40. The van der Waals surface area contributed by atoms with E-state index in [0.717, 1.165) is 0 Å². The van der Waals surface area contributed by atoms with E-state index in [1.807, 2.05) is 0 Å². The van der Waals surface area contributed by atoms with E-state index >= 15 is 0 Å². The van der Waals surface area contributed by atoms with E-state index in [-0.39, 0.29) is 11.8 Å². The Morgan fingerprint density at radius 3 is 1.00 bits per heavy atom. The second-order valence-electron chi connectivity index (χ2n) is 6.25. The Labute approximate surface area is 148 Å². The lowest BCUT2D eigenvalue weighted by Gasteiger charge is -2.36. The summed E-state index contributed by atoms with van der Waals surface area (Å²) < 4.78 is 9.66. The van der Waals surface area contributed by atoms with E-state index in [9.17, 15) is 9.59 Å². The lowest BCUT2D eigenvalue weighted by Crippen LogP contribution is -2.58. The molecule has 0 amide bonds. The fourth-order valence-corrected chi connectivity index (χ4v) is 1.51. The van der Waals surface area contributed by atoms with Gasteiger partial charge in [-0.3, -0.25) is 9.59 Å². The van der Waals surface area contributed by atoms with Gasteiger partial charge in [-0.1, -0.05) is 0 Å². The first-order valence-corrected chi connectivity index (χ1v) is 7.40. The molecule has 0 aliphatic carbocycles. The third kappa shape index (κ3) is 6.55. The molecular formula is C14H24N2O10. The standard InChI is InChI=1S/2C6H11NO3.C2H2O4/c2*1-6(7,5(8)9)4-2-10-3-4;3-1(4)2(5)6/h2*4H,2-3,7H2,1H3,(H,8,9);(H,3,4)(H,5,6). The van der Waals surface area contributed by atoms with Crippen LogP contribution in [0.3, 0.4) is 0 Å². The number of carboxylic acids is 4. The molecule has 2 unspecified atom stereocenters. The van der Waals surface area contributed by atoms with E-state index < -0.39 is 35.0 Å². The summed E-state index contributed by atoms with van der Waals surface area (Å²) in [5.41, 5.74) is 8.74. The highest BCUT2D eigenvalue weighted by Gasteiger charge is 2.42. The molecule has 2 aliphatic heterocycles. The predicted molar refractivity (Wildman–Crippen MR) is 84.3 cm³/mol. The fraction of sp³-hybridized carbons (Fsp3) is 0.714. The van der Waals surface area contributed by atoms with Crippen molar-refractivity contribution in [2.24, 2.45) is 23.3 Å². The largest absolute Gasteiger partial charge is 0.480 e. The molecule has 0 bridgehead atoms. The summed E-state index contributed by atoms with van der Waals surface area (Å²) in [6, 6.07) is 0. The third-order valence-electron chi connectivity index (χ3n) is 4.08. The number of hydrogen-bond acceptors (Lipinski definition) is 8. The summed E-state index contributed by atoms with van der Waals surface area (Å²) >= 11 is 0. The van der Waals surface area contributed by atoms with Crippen LogP contribution in [0.25, 0.3) is 0 Å². The first-order chi connectivity index (χ1) is 11.7. The van der Waals surface area contributed by atoms with Crippen molar-refractivity contribution in [3.63, 3.8) is 0 Å². The molecule has 0 aromatic rings. The molecule has 150 valence electrons. The number of ether oxygens (including phenoxy) is 2. The van der Waals surface area contributed by atoms with Crippen LogP contribution < -0.4 is 11.5 Å². The van der Waals surface area contributed by atoms with Gasteiger partial charge in [-0.25, -0.2) is 9.59 Å². The highest BCUT2D eigenvalue weighted by Crippen LogP contribution is 2.23. The van der Waals surface area contributed by atoms with Crippen LogP contribution in [0.2, 0.25) is 0 Å². The molecule has 8 N–H and O–H groups in total. The summed E-state index contributed by atoms with van der Waals surface area (Å²) in [4.78, 5) is 39.1. The maximum absolute atomic E-state index is 10.5. The summed E-state index contributed by atoms with van der Waals surface area (Å²) in [6.45, 7) is 4.92. The van der Waals surface area contributed by atoms with Crippen LogP contribution in [0.5, 0.6) is 0 Å². The zero-order chi connectivity index (χ0) is 20.7. The van der Waals surface area contributed by atoms with Crippen LogP contribution in [0.1, 0.15) is 13.8 Å². The molecule has 0 radical (unpaired) electrons. The highest BCUT2D eigenvalue weighted by molar-refractivity contribution is 6.27. The molecule has 0 aromatic heterocycles. The Kier molecular flexibility index (Phi) is 8.60. The van der Waals surface area contributed by atoms with Crippen molar-refractivity contribution in [1.82, 2.24) is 0 Å². The van der Waals surface area contributed by atoms with Crippen molar-refractivity contribution in [3.05, 3.63) is 0 Å². The second-order valence-corrected chi connectivity index (χ2v) is 6.25. The predicted octanol–water partition coefficient (Wildman–Crippen LogP) is -1.97. The third-order valence-corrected chi connectivity index (χ3v) is 4.08. The van der Waals surface area contributed by atoms with Gasteiger partial charge < -0.3 is 41.4 Å². The van der Waals surface area contributed by atoms with Crippen molar-refractivity contribution < 1.29 is 49.1 Å². The zero-order valence-electron chi connectivity index (χ0n) is 14.4. The molecule has 2 heterocycles. The lowest BCUT2D eigenvalue weighted by molar-refractivity contribution is -0.159. The molecule has 12 heteroatoms. The summed E-state index contributed by atoms with van der Waals surface area (Å²) in [5, 5.41) is 32.0. The van der Waals surface area contributed by atoms with Crippen LogP contribution in [0.15, 0.2) is 0 Å². The minimum atomic E-state index is -1.82. The Hall–Kier alpha value is -2.28. The van der Waals surface area contributed by atoms with Gasteiger partial charge in [-0.2, -0.15) is 0 Å². The molecule has 2 fully saturated rings. The van der Waals surface area contributed by atoms with Gasteiger partial charge >= 0.3 is 23.9 Å². The summed E-state index contributed by atoms with van der Waals surface area (Å²) in [6.07, 6.45) is 0. The van der Waals surface area contributed by atoms with Crippen LogP contribution in [-0.2, 0) is 28.7 Å². The van der Waals surface area contributed by atoms with Crippen LogP contribution in [0, 0.1) is 11.8 Å². The summed E-state index contributed by atoms with van der Waals surface area (Å²) in [5.74, 6) is -5.61. The second kappa shape index (κ2) is 9.43. The van der Waals surface area contributed by atoms with Crippen molar-refractivity contribution in [1.29, 1.82) is 0 Å². The molecule has 2 aliphatic rings. The number of carboxylic acid groups (broad SMARTS) is 4. The molecule has 2 atom stereocenters. The topological polar surface area (TPSA) is 220 Å². The molecular weight excluding hydrogens is 356 g/mol. The smallest absolute Gasteiger partial charge is 0.414 e. The van der Waals surface area contributed by atoms with Crippen molar-refractivity contribution in [2.45, 2.75) is 24.9 Å². The van der Waals surface area contributed by atoms with Gasteiger partial charge in [0, 0.05) is 11.8 Å². The lowest BCUT2D eigenvalue weighted by atomic mass is 9.85. The minimum absolute atomic E-state index is 0.0231. The number of aliphatic carboxylic acids is 4. The molecule has 0 spiro atoms. The minimum Gasteiger partial charge on any atom is -0.480 e. The Morgan fingerprint density at radius 2 is 0.962 bits per heavy atom. The van der Waals surface area contributed by atoms with Crippen LogP contribution in [-0.4, -0.2) is 81.8 Å². The van der Waals surface area contributed by atoms with E-state index in [2.05, 4.69) is 0 Å². The molecule has 0 aromatic carbocycles. The number of nitrogens with two attached hydrogens (primary N) is 2. The average molecular weight is 380 g/mol. The molecule has 2 rings (SSSR count). The van der Waals surface area contributed by atoms with Gasteiger partial charge in [-0.05, 0) is 13.8 Å². The average Bonchev–Trinajstić information content (AvgIpc) is 2.34. The quantitative estimate of drug-likeness (QED) is 0.292. The van der Waals surface area contributed by atoms with Gasteiger partial charge in [-0.15, -0.1) is 0 Å². The molecule has 12 nitrogen and oxygen atoms in total. The SMILES string of the molecule is CC(N)(C(=O)O)C1COC1.CC(N)(C(=O)O)C1COC1.O=C(O)C(=O)O. The number of hydrogen-bond donors (Lipinski definition) is 6. The van der Waals surface area contributed by atoms with Crippen LogP contribution in [0.4, 0.5) is 0 Å². The highest BCUT2D eigenvalue weighted by atomic mass is 16.5. The fourth-order valence-electron chi connectivity index (χ4n) is 1.51. The molecule has 26 heavy (non-hydrogen) atoms. The van der Waals surface area contributed by atoms with Crippen LogP contribution >= 0.6 is 0 Å². The monoisotopic (exact) mass is 380 g/mol. The van der Waals surface area contributed by atoms with Gasteiger partial charge in [0.2, 0.25) is 0 Å². The van der Waals surface area contributed by atoms with Gasteiger partial charge in [0.1, 0.15) is 11.1 Å². The molecule has 2 saturated heterocycles. The normalized spacial score (nSPS) is 20.9. The van der Waals surface area contributed by atoms with E-state index in [1.54, 1.807) is 0 Å². The van der Waals surface area contributed by atoms with E-state index in [0.29, 0.717) is 26.4 Å². The Morgan fingerprint density at radius 1 is 0.731 bits per heavy atom. The maximum Gasteiger partial charge on any atom is 0.414 e. The molecule has 0 saturated carbocycles. The van der Waals surface area contributed by atoms with Crippen molar-refractivity contribution >= 4 is 23.9 Å². The van der Waals surface area contributed by atoms with Gasteiger partial charge in [0.05, 0.1) is 26.4 Å². The van der Waals surface area contributed by atoms with E-state index in [1.165, 1.54) is 13.8 Å². The van der Waals surface area contributed by atoms with Gasteiger partial charge in [0.15, 0.2) is 0 Å². The van der Waals surface area contributed by atoms with Crippen molar-refractivity contribution in [3.8, 4) is 0 Å². The summed E-state index contributed by atoms with van der Waals surface area (Å²) in [7, 11) is 0. The Balaban J connectivity index is 0.000000375. The Bertz CT molecular complexity index is 490. The number of rotatable bonds is 4. The van der Waals surface area contributed by atoms with E-state index in [4.69, 9.17) is 51.0 Å². The van der Waals surface area contributed by atoms with Gasteiger partial charge in [0.25, 0.3) is 0 Å². The number of carbonyl (C=O) groups is 4. The zero-order valence-corrected chi connectivity index (χ0v) is 14.4. The first kappa shape index (κ1) is 23.7. The van der Waals surface area contributed by atoms with Crippen molar-refractivity contribution in [2.75, 3.05) is 26.4 Å². The maximum atomic E-state index is 10.5.